The Bertz CT molecular complexity index is 881. The van der Waals surface area contributed by atoms with E-state index in [0.29, 0.717) is 29.4 Å². The highest BCUT2D eigenvalue weighted by molar-refractivity contribution is 7.92. The second-order valence-corrected chi connectivity index (χ2v) is 7.30. The highest BCUT2D eigenvalue weighted by Gasteiger charge is 2.11. The van der Waals surface area contributed by atoms with Crippen LogP contribution >= 0.6 is 0 Å². The fourth-order valence-corrected chi connectivity index (χ4v) is 2.88. The van der Waals surface area contributed by atoms with Crippen LogP contribution in [0.3, 0.4) is 0 Å². The van der Waals surface area contributed by atoms with Gasteiger partial charge in [0.05, 0.1) is 20.0 Å². The van der Waals surface area contributed by atoms with Crippen LogP contribution in [0.25, 0.3) is 0 Å². The molecule has 2 aromatic rings. The molecule has 0 atom stereocenters. The van der Waals surface area contributed by atoms with Gasteiger partial charge in [0.1, 0.15) is 0 Å². The Hall–Kier alpha value is -2.74. The summed E-state index contributed by atoms with van der Waals surface area (Å²) in [5, 5.41) is 2.80. The number of nitrogens with one attached hydrogen (secondary N) is 2. The fraction of sp³-hybridized carbons (Fsp3) is 0.278. The summed E-state index contributed by atoms with van der Waals surface area (Å²) >= 11 is 0. The van der Waals surface area contributed by atoms with E-state index in [2.05, 4.69) is 10.0 Å². The summed E-state index contributed by atoms with van der Waals surface area (Å²) in [6, 6.07) is 11.8. The molecule has 0 radical (unpaired) electrons. The highest BCUT2D eigenvalue weighted by Crippen LogP contribution is 2.28. The van der Waals surface area contributed by atoms with Gasteiger partial charge < -0.3 is 14.8 Å². The van der Waals surface area contributed by atoms with Crippen molar-refractivity contribution in [1.82, 2.24) is 5.32 Å². The summed E-state index contributed by atoms with van der Waals surface area (Å²) in [5.41, 5.74) is 1.66. The molecule has 0 bridgehead atoms. The molecule has 0 aliphatic carbocycles. The van der Waals surface area contributed by atoms with Gasteiger partial charge >= 0.3 is 0 Å². The predicted molar refractivity (Wildman–Crippen MR) is 100 cm³/mol. The topological polar surface area (TPSA) is 93.7 Å². The van der Waals surface area contributed by atoms with E-state index in [4.69, 9.17) is 9.47 Å². The molecule has 0 aromatic heterocycles. The Kier molecular flexibility index (Phi) is 6.46. The second kappa shape index (κ2) is 8.57. The predicted octanol–water partition coefficient (Wildman–Crippen LogP) is 2.40. The van der Waals surface area contributed by atoms with Crippen LogP contribution < -0.4 is 19.5 Å². The molecule has 2 rings (SSSR count). The van der Waals surface area contributed by atoms with E-state index in [-0.39, 0.29) is 12.5 Å². The van der Waals surface area contributed by atoms with Crippen LogP contribution in [-0.4, -0.2) is 34.3 Å². The van der Waals surface area contributed by atoms with Crippen LogP contribution in [0, 0.1) is 0 Å². The summed E-state index contributed by atoms with van der Waals surface area (Å²) < 4.78 is 35.7. The number of amides is 1. The van der Waals surface area contributed by atoms with Gasteiger partial charge in [0.2, 0.25) is 10.0 Å². The van der Waals surface area contributed by atoms with Crippen molar-refractivity contribution in [3.8, 4) is 11.5 Å². The smallest absolute Gasteiger partial charge is 0.251 e. The maximum absolute atomic E-state index is 12.4. The standard InChI is InChI=1S/C18H22N2O5S/c1-4-25-16-9-8-14(11-17(16)24-2)18(21)19-12-13-6-5-7-15(10-13)20-26(3,22)23/h5-11,20H,4,12H2,1-3H3,(H,19,21). The number of methoxy groups -OCH3 is 1. The van der Waals surface area contributed by atoms with Crippen LogP contribution in [0.1, 0.15) is 22.8 Å². The number of rotatable bonds is 8. The molecule has 2 N–H and O–H groups in total. The first-order chi connectivity index (χ1) is 12.3. The molecule has 0 saturated heterocycles. The first-order valence-electron chi connectivity index (χ1n) is 7.98. The van der Waals surface area contributed by atoms with Crippen LogP contribution in [-0.2, 0) is 16.6 Å². The summed E-state index contributed by atoms with van der Waals surface area (Å²) in [5.74, 6) is 0.790. The minimum atomic E-state index is -3.35. The second-order valence-electron chi connectivity index (χ2n) is 5.56. The number of hydrogen-bond acceptors (Lipinski definition) is 5. The van der Waals surface area contributed by atoms with Gasteiger partial charge in [-0.15, -0.1) is 0 Å². The van der Waals surface area contributed by atoms with Gasteiger partial charge in [-0.25, -0.2) is 8.42 Å². The third-order valence-corrected chi connectivity index (χ3v) is 4.02. The van der Waals surface area contributed by atoms with Crippen molar-refractivity contribution in [2.45, 2.75) is 13.5 Å². The minimum Gasteiger partial charge on any atom is -0.493 e. The van der Waals surface area contributed by atoms with Gasteiger partial charge in [0.15, 0.2) is 11.5 Å². The van der Waals surface area contributed by atoms with E-state index >= 15 is 0 Å². The largest absolute Gasteiger partial charge is 0.493 e. The lowest BCUT2D eigenvalue weighted by molar-refractivity contribution is 0.0950. The lowest BCUT2D eigenvalue weighted by Crippen LogP contribution is -2.23. The summed E-state index contributed by atoms with van der Waals surface area (Å²) in [6.07, 6.45) is 1.08. The van der Waals surface area contributed by atoms with Gasteiger partial charge in [0.25, 0.3) is 5.91 Å². The van der Waals surface area contributed by atoms with Crippen molar-refractivity contribution < 1.29 is 22.7 Å². The molecule has 0 heterocycles. The van der Waals surface area contributed by atoms with Crippen molar-refractivity contribution in [3.63, 3.8) is 0 Å². The molecule has 0 saturated carbocycles. The van der Waals surface area contributed by atoms with Crippen LogP contribution in [0.15, 0.2) is 42.5 Å². The van der Waals surface area contributed by atoms with E-state index < -0.39 is 10.0 Å². The highest BCUT2D eigenvalue weighted by atomic mass is 32.2. The van der Waals surface area contributed by atoms with Crippen molar-refractivity contribution >= 4 is 21.6 Å². The van der Waals surface area contributed by atoms with E-state index in [9.17, 15) is 13.2 Å². The normalized spacial score (nSPS) is 10.9. The van der Waals surface area contributed by atoms with Gasteiger partial charge in [0, 0.05) is 17.8 Å². The van der Waals surface area contributed by atoms with Crippen molar-refractivity contribution in [2.75, 3.05) is 24.7 Å². The van der Waals surface area contributed by atoms with Crippen LogP contribution in [0.4, 0.5) is 5.69 Å². The third kappa shape index (κ3) is 5.66. The number of carbonyl (C=O) groups is 1. The Balaban J connectivity index is 2.06. The Morgan fingerprint density at radius 1 is 1.12 bits per heavy atom. The van der Waals surface area contributed by atoms with Crippen molar-refractivity contribution in [2.24, 2.45) is 0 Å². The average molecular weight is 378 g/mol. The maximum atomic E-state index is 12.4. The Morgan fingerprint density at radius 2 is 1.88 bits per heavy atom. The van der Waals surface area contributed by atoms with Gasteiger partial charge in [-0.3, -0.25) is 9.52 Å². The number of benzene rings is 2. The summed E-state index contributed by atoms with van der Waals surface area (Å²) in [4.78, 5) is 12.4. The van der Waals surface area contributed by atoms with Gasteiger partial charge in [-0.2, -0.15) is 0 Å². The molecule has 0 unspecified atom stereocenters. The molecule has 8 heteroatoms. The average Bonchev–Trinajstić information content (AvgIpc) is 2.59. The number of ether oxygens (including phenoxy) is 2. The number of sulfonamides is 1. The first-order valence-corrected chi connectivity index (χ1v) is 9.87. The minimum absolute atomic E-state index is 0.258. The molecule has 0 aliphatic heterocycles. The molecule has 26 heavy (non-hydrogen) atoms. The summed E-state index contributed by atoms with van der Waals surface area (Å²) in [6.45, 7) is 2.63. The first kappa shape index (κ1) is 19.6. The number of hydrogen-bond donors (Lipinski definition) is 2. The van der Waals surface area contributed by atoms with Crippen molar-refractivity contribution in [1.29, 1.82) is 0 Å². The van der Waals surface area contributed by atoms with Crippen molar-refractivity contribution in [3.05, 3.63) is 53.6 Å². The monoisotopic (exact) mass is 378 g/mol. The SMILES string of the molecule is CCOc1ccc(C(=O)NCc2cccc(NS(C)(=O)=O)c2)cc1OC. The molecule has 140 valence electrons. The van der Waals surface area contributed by atoms with Crippen LogP contribution in [0.2, 0.25) is 0 Å². The van der Waals surface area contributed by atoms with E-state index in [1.807, 2.05) is 6.92 Å². The third-order valence-electron chi connectivity index (χ3n) is 3.41. The van der Waals surface area contributed by atoms with Gasteiger partial charge in [-0.05, 0) is 42.8 Å². The molecular weight excluding hydrogens is 356 g/mol. The van der Waals surface area contributed by atoms with Crippen LogP contribution in [0.5, 0.6) is 11.5 Å². The van der Waals surface area contributed by atoms with Gasteiger partial charge in [-0.1, -0.05) is 12.1 Å². The Morgan fingerprint density at radius 3 is 2.54 bits per heavy atom. The Labute approximate surface area is 153 Å². The lowest BCUT2D eigenvalue weighted by atomic mass is 10.1. The quantitative estimate of drug-likeness (QED) is 0.736. The molecule has 1 amide bonds. The molecule has 7 nitrogen and oxygen atoms in total. The molecule has 0 fully saturated rings. The van der Waals surface area contributed by atoms with E-state index in [0.717, 1.165) is 11.8 Å². The lowest BCUT2D eigenvalue weighted by Gasteiger charge is -2.11. The zero-order valence-corrected chi connectivity index (χ0v) is 15.7. The summed E-state index contributed by atoms with van der Waals surface area (Å²) in [7, 11) is -1.83. The molecule has 0 aliphatic rings. The van der Waals surface area contributed by atoms with E-state index in [1.165, 1.54) is 7.11 Å². The number of carbonyl (C=O) groups excluding carboxylic acids is 1. The molecular formula is C18H22N2O5S. The van der Waals surface area contributed by atoms with E-state index in [1.54, 1.807) is 42.5 Å². The maximum Gasteiger partial charge on any atom is 0.251 e. The molecule has 0 spiro atoms. The molecule has 2 aromatic carbocycles. The zero-order valence-electron chi connectivity index (χ0n) is 14.9. The zero-order chi connectivity index (χ0) is 19.2. The fourth-order valence-electron chi connectivity index (χ4n) is 2.33. The number of anilines is 1.